The standard InChI is InChI=1S/C14H18Br2N2/c15-11-3-4-12(16)13(9-11)18-8-7-17-14(10-18)5-1-2-6-14/h3-4,9,17H,1-2,5-8,10H2. The van der Waals surface area contributed by atoms with Crippen LogP contribution in [0, 0.1) is 0 Å². The first-order valence-corrected chi connectivity index (χ1v) is 8.22. The van der Waals surface area contributed by atoms with Crippen molar-refractivity contribution in [3.05, 3.63) is 27.1 Å². The van der Waals surface area contributed by atoms with E-state index in [9.17, 15) is 0 Å². The summed E-state index contributed by atoms with van der Waals surface area (Å²) in [6, 6.07) is 6.43. The molecule has 0 bridgehead atoms. The molecule has 1 spiro atoms. The third-order valence-electron chi connectivity index (χ3n) is 4.18. The molecule has 4 heteroatoms. The molecule has 0 unspecified atom stereocenters. The molecule has 3 rings (SSSR count). The zero-order valence-electron chi connectivity index (χ0n) is 10.4. The predicted molar refractivity (Wildman–Crippen MR) is 83.3 cm³/mol. The number of anilines is 1. The van der Waals surface area contributed by atoms with Crippen LogP contribution in [0.2, 0.25) is 0 Å². The van der Waals surface area contributed by atoms with Gasteiger partial charge in [0, 0.05) is 34.1 Å². The van der Waals surface area contributed by atoms with Crippen LogP contribution in [0.4, 0.5) is 5.69 Å². The van der Waals surface area contributed by atoms with Gasteiger partial charge in [-0.2, -0.15) is 0 Å². The molecule has 1 aromatic carbocycles. The molecule has 0 radical (unpaired) electrons. The van der Waals surface area contributed by atoms with Gasteiger partial charge in [-0.05, 0) is 47.0 Å². The van der Waals surface area contributed by atoms with E-state index in [-0.39, 0.29) is 0 Å². The highest BCUT2D eigenvalue weighted by atomic mass is 79.9. The molecule has 0 amide bonds. The molecule has 98 valence electrons. The molecule has 18 heavy (non-hydrogen) atoms. The lowest BCUT2D eigenvalue weighted by molar-refractivity contribution is 0.304. The van der Waals surface area contributed by atoms with Crippen molar-refractivity contribution in [3.8, 4) is 0 Å². The first-order valence-electron chi connectivity index (χ1n) is 6.64. The number of halogens is 2. The van der Waals surface area contributed by atoms with E-state index in [1.807, 2.05) is 0 Å². The van der Waals surface area contributed by atoms with Crippen LogP contribution in [0.15, 0.2) is 27.1 Å². The maximum absolute atomic E-state index is 3.76. The molecule has 1 aromatic rings. The van der Waals surface area contributed by atoms with Gasteiger partial charge < -0.3 is 10.2 Å². The molecule has 1 saturated carbocycles. The Hall–Kier alpha value is -0.0600. The zero-order valence-corrected chi connectivity index (χ0v) is 13.6. The van der Waals surface area contributed by atoms with E-state index in [1.54, 1.807) is 0 Å². The number of hydrogen-bond donors (Lipinski definition) is 1. The normalized spacial score (nSPS) is 22.7. The summed E-state index contributed by atoms with van der Waals surface area (Å²) in [4.78, 5) is 2.52. The third-order valence-corrected chi connectivity index (χ3v) is 5.35. The van der Waals surface area contributed by atoms with Gasteiger partial charge in [0.1, 0.15) is 0 Å². The van der Waals surface area contributed by atoms with E-state index < -0.39 is 0 Å². The van der Waals surface area contributed by atoms with Gasteiger partial charge in [0.05, 0.1) is 5.69 Å². The number of hydrogen-bond acceptors (Lipinski definition) is 2. The van der Waals surface area contributed by atoms with Gasteiger partial charge in [0.15, 0.2) is 0 Å². The van der Waals surface area contributed by atoms with E-state index in [2.05, 4.69) is 60.3 Å². The van der Waals surface area contributed by atoms with Crippen molar-refractivity contribution in [1.29, 1.82) is 0 Å². The van der Waals surface area contributed by atoms with Crippen LogP contribution in [-0.2, 0) is 0 Å². The van der Waals surface area contributed by atoms with Crippen molar-refractivity contribution < 1.29 is 0 Å². The second kappa shape index (κ2) is 5.14. The summed E-state index contributed by atoms with van der Waals surface area (Å²) in [6.45, 7) is 3.33. The van der Waals surface area contributed by atoms with Crippen LogP contribution >= 0.6 is 31.9 Å². The molecule has 2 fully saturated rings. The minimum Gasteiger partial charge on any atom is -0.367 e. The first-order chi connectivity index (χ1) is 8.69. The van der Waals surface area contributed by atoms with Crippen LogP contribution in [-0.4, -0.2) is 25.2 Å². The van der Waals surface area contributed by atoms with Crippen molar-refractivity contribution in [1.82, 2.24) is 5.32 Å². The number of nitrogens with one attached hydrogen (secondary N) is 1. The number of benzene rings is 1. The van der Waals surface area contributed by atoms with Crippen molar-refractivity contribution in [3.63, 3.8) is 0 Å². The van der Waals surface area contributed by atoms with Gasteiger partial charge in [-0.3, -0.25) is 0 Å². The Morgan fingerprint density at radius 2 is 1.94 bits per heavy atom. The summed E-state index contributed by atoms with van der Waals surface area (Å²) in [5.74, 6) is 0. The smallest absolute Gasteiger partial charge is 0.0523 e. The topological polar surface area (TPSA) is 15.3 Å². The highest BCUT2D eigenvalue weighted by molar-refractivity contribution is 9.11. The van der Waals surface area contributed by atoms with Crippen LogP contribution in [0.1, 0.15) is 25.7 Å². The van der Waals surface area contributed by atoms with Crippen LogP contribution in [0.3, 0.4) is 0 Å². The van der Waals surface area contributed by atoms with Gasteiger partial charge in [0.2, 0.25) is 0 Å². The quantitative estimate of drug-likeness (QED) is 0.802. The number of piperazine rings is 1. The Morgan fingerprint density at radius 3 is 2.72 bits per heavy atom. The molecule has 1 aliphatic carbocycles. The summed E-state index contributed by atoms with van der Waals surface area (Å²) in [6.07, 6.45) is 5.41. The zero-order chi connectivity index (χ0) is 12.6. The molecule has 1 heterocycles. The highest BCUT2D eigenvalue weighted by Gasteiger charge is 2.37. The van der Waals surface area contributed by atoms with Crippen molar-refractivity contribution >= 4 is 37.5 Å². The fourth-order valence-electron chi connectivity index (χ4n) is 3.28. The molecule has 1 saturated heterocycles. The molecule has 2 aliphatic rings. The molecular formula is C14H18Br2N2. The summed E-state index contributed by atoms with van der Waals surface area (Å²) in [7, 11) is 0. The average molecular weight is 374 g/mol. The Labute approximate surface area is 125 Å². The monoisotopic (exact) mass is 372 g/mol. The second-order valence-electron chi connectivity index (χ2n) is 5.43. The number of rotatable bonds is 1. The van der Waals surface area contributed by atoms with E-state index >= 15 is 0 Å². The van der Waals surface area contributed by atoms with Crippen LogP contribution in [0.5, 0.6) is 0 Å². The van der Waals surface area contributed by atoms with Gasteiger partial charge in [-0.1, -0.05) is 28.8 Å². The first kappa shape index (κ1) is 12.9. The Balaban J connectivity index is 1.85. The molecule has 0 atom stereocenters. The third kappa shape index (κ3) is 2.47. The largest absolute Gasteiger partial charge is 0.367 e. The summed E-state index contributed by atoms with van der Waals surface area (Å²) in [5.41, 5.74) is 1.69. The molecule has 0 aromatic heterocycles. The summed E-state index contributed by atoms with van der Waals surface area (Å²) < 4.78 is 2.35. The summed E-state index contributed by atoms with van der Waals surface area (Å²) in [5, 5.41) is 3.76. The summed E-state index contributed by atoms with van der Waals surface area (Å²) >= 11 is 7.25. The molecular weight excluding hydrogens is 356 g/mol. The maximum Gasteiger partial charge on any atom is 0.0523 e. The lowest BCUT2D eigenvalue weighted by Gasteiger charge is -2.43. The minimum atomic E-state index is 0.375. The second-order valence-corrected chi connectivity index (χ2v) is 7.20. The lowest BCUT2D eigenvalue weighted by Crippen LogP contribution is -2.59. The minimum absolute atomic E-state index is 0.375. The van der Waals surface area contributed by atoms with E-state index in [4.69, 9.17) is 0 Å². The number of nitrogens with zero attached hydrogens (tertiary/aromatic N) is 1. The van der Waals surface area contributed by atoms with Gasteiger partial charge in [-0.15, -0.1) is 0 Å². The van der Waals surface area contributed by atoms with Crippen molar-refractivity contribution in [2.24, 2.45) is 0 Å². The molecule has 1 N–H and O–H groups in total. The van der Waals surface area contributed by atoms with Crippen molar-refractivity contribution in [2.75, 3.05) is 24.5 Å². The van der Waals surface area contributed by atoms with E-state index in [0.717, 1.165) is 24.1 Å². The lowest BCUT2D eigenvalue weighted by atomic mass is 9.94. The van der Waals surface area contributed by atoms with Crippen molar-refractivity contribution in [2.45, 2.75) is 31.2 Å². The van der Waals surface area contributed by atoms with Crippen LogP contribution in [0.25, 0.3) is 0 Å². The highest BCUT2D eigenvalue weighted by Crippen LogP contribution is 2.36. The Morgan fingerprint density at radius 1 is 1.17 bits per heavy atom. The van der Waals surface area contributed by atoms with E-state index in [0.29, 0.717) is 5.54 Å². The Bertz CT molecular complexity index is 441. The predicted octanol–water partition coefficient (Wildman–Crippen LogP) is 3.93. The van der Waals surface area contributed by atoms with Gasteiger partial charge in [0.25, 0.3) is 0 Å². The SMILES string of the molecule is Brc1ccc(Br)c(N2CCNC3(CCCC3)C2)c1. The molecule has 2 nitrogen and oxygen atoms in total. The Kier molecular flexibility index (Phi) is 3.70. The fourth-order valence-corrected chi connectivity index (χ4v) is 4.12. The van der Waals surface area contributed by atoms with Gasteiger partial charge in [-0.25, -0.2) is 0 Å². The van der Waals surface area contributed by atoms with Crippen LogP contribution < -0.4 is 10.2 Å². The van der Waals surface area contributed by atoms with E-state index in [1.165, 1.54) is 35.8 Å². The van der Waals surface area contributed by atoms with Gasteiger partial charge >= 0.3 is 0 Å². The molecule has 1 aliphatic heterocycles. The average Bonchev–Trinajstić information content (AvgIpc) is 2.80. The maximum atomic E-state index is 3.76. The fraction of sp³-hybridized carbons (Fsp3) is 0.571.